The molecule has 0 amide bonds. The second-order valence-corrected chi connectivity index (χ2v) is 6.40. The fraction of sp³-hybridized carbons (Fsp3) is 0.650. The summed E-state index contributed by atoms with van der Waals surface area (Å²) in [4.78, 5) is 6.91. The zero-order valence-electron chi connectivity index (χ0n) is 17.9. The van der Waals surface area contributed by atoms with E-state index < -0.39 is 0 Å². The summed E-state index contributed by atoms with van der Waals surface area (Å²) >= 11 is 0. The van der Waals surface area contributed by atoms with E-state index in [1.807, 2.05) is 31.2 Å². The first-order valence-corrected chi connectivity index (χ1v) is 9.59. The molecule has 7 nitrogen and oxygen atoms in total. The van der Waals surface area contributed by atoms with Crippen LogP contribution in [0.15, 0.2) is 29.3 Å². The van der Waals surface area contributed by atoms with Gasteiger partial charge in [0.2, 0.25) is 0 Å². The van der Waals surface area contributed by atoms with Crippen molar-refractivity contribution in [2.45, 2.75) is 26.4 Å². The molecule has 0 aromatic heterocycles. The zero-order valence-corrected chi connectivity index (χ0v) is 20.2. The van der Waals surface area contributed by atoms with Gasteiger partial charge in [-0.2, -0.15) is 0 Å². The molecule has 2 N–H and O–H groups in total. The van der Waals surface area contributed by atoms with E-state index in [1.54, 1.807) is 14.2 Å². The van der Waals surface area contributed by atoms with Crippen LogP contribution in [-0.4, -0.2) is 77.6 Å². The SMILES string of the molecule is CCNC(=NCC(C)Oc1cccc(OC)c1)NCCN(C)CCCOC.I. The van der Waals surface area contributed by atoms with Crippen molar-refractivity contribution >= 4 is 29.9 Å². The third-order valence-corrected chi connectivity index (χ3v) is 3.90. The van der Waals surface area contributed by atoms with Gasteiger partial charge >= 0.3 is 0 Å². The highest BCUT2D eigenvalue weighted by molar-refractivity contribution is 14.0. The Bertz CT molecular complexity index is 546. The largest absolute Gasteiger partial charge is 0.497 e. The molecule has 0 heterocycles. The molecule has 0 aliphatic carbocycles. The monoisotopic (exact) mass is 508 g/mol. The van der Waals surface area contributed by atoms with Crippen LogP contribution in [0.25, 0.3) is 0 Å². The van der Waals surface area contributed by atoms with Gasteiger partial charge in [0, 0.05) is 46.0 Å². The molecule has 1 unspecified atom stereocenters. The van der Waals surface area contributed by atoms with Gasteiger partial charge in [-0.25, -0.2) is 4.99 Å². The Labute approximate surface area is 187 Å². The van der Waals surface area contributed by atoms with Crippen molar-refractivity contribution in [3.8, 4) is 11.5 Å². The Balaban J connectivity index is 0.00000729. The standard InChI is InChI=1S/C20H36N4O3.HI/c1-6-21-20(22-11-13-24(3)12-8-14-25-4)23-16-17(2)27-19-10-7-9-18(15-19)26-5;/h7,9-10,15,17H,6,8,11-14,16H2,1-5H3,(H2,21,22,23);1H. The molecule has 1 aromatic carbocycles. The van der Waals surface area contributed by atoms with E-state index in [-0.39, 0.29) is 30.1 Å². The van der Waals surface area contributed by atoms with Crippen LogP contribution in [0.4, 0.5) is 0 Å². The van der Waals surface area contributed by atoms with E-state index in [1.165, 1.54) is 0 Å². The van der Waals surface area contributed by atoms with Crippen LogP contribution in [0, 0.1) is 0 Å². The average Bonchev–Trinajstić information content (AvgIpc) is 2.66. The minimum atomic E-state index is -0.0377. The van der Waals surface area contributed by atoms with Crippen LogP contribution in [0.5, 0.6) is 11.5 Å². The molecule has 0 aliphatic rings. The number of nitrogens with zero attached hydrogens (tertiary/aromatic N) is 2. The number of benzene rings is 1. The van der Waals surface area contributed by atoms with Crippen molar-refractivity contribution in [3.63, 3.8) is 0 Å². The molecule has 0 fully saturated rings. The van der Waals surface area contributed by atoms with Crippen LogP contribution in [0.3, 0.4) is 0 Å². The number of hydrogen-bond donors (Lipinski definition) is 2. The van der Waals surface area contributed by atoms with Gasteiger partial charge in [0.25, 0.3) is 0 Å². The van der Waals surface area contributed by atoms with Crippen molar-refractivity contribution in [2.75, 3.05) is 60.6 Å². The van der Waals surface area contributed by atoms with Crippen molar-refractivity contribution in [2.24, 2.45) is 4.99 Å². The number of likely N-dealkylation sites (N-methyl/N-ethyl adjacent to an activating group) is 1. The highest BCUT2D eigenvalue weighted by atomic mass is 127. The molecule has 1 rings (SSSR count). The summed E-state index contributed by atoms with van der Waals surface area (Å²) in [6, 6.07) is 7.61. The maximum absolute atomic E-state index is 5.92. The molecule has 0 radical (unpaired) electrons. The normalized spacial score (nSPS) is 12.3. The van der Waals surface area contributed by atoms with Crippen LogP contribution in [-0.2, 0) is 4.74 Å². The highest BCUT2D eigenvalue weighted by Crippen LogP contribution is 2.19. The van der Waals surface area contributed by atoms with Crippen LogP contribution in [0.1, 0.15) is 20.3 Å². The first-order chi connectivity index (χ1) is 13.1. The number of guanidine groups is 1. The summed E-state index contributed by atoms with van der Waals surface area (Å²) in [5.41, 5.74) is 0. The molecule has 0 bridgehead atoms. The van der Waals surface area contributed by atoms with Gasteiger partial charge in [0.05, 0.1) is 13.7 Å². The first kappa shape index (κ1) is 26.7. The smallest absolute Gasteiger partial charge is 0.191 e. The minimum absolute atomic E-state index is 0. The predicted molar refractivity (Wildman–Crippen MR) is 126 cm³/mol. The summed E-state index contributed by atoms with van der Waals surface area (Å²) in [6.45, 7) is 9.06. The molecule has 28 heavy (non-hydrogen) atoms. The Hall–Kier alpha value is -1.26. The fourth-order valence-electron chi connectivity index (χ4n) is 2.46. The maximum Gasteiger partial charge on any atom is 0.191 e. The quantitative estimate of drug-likeness (QED) is 0.185. The van der Waals surface area contributed by atoms with E-state index >= 15 is 0 Å². The maximum atomic E-state index is 5.92. The lowest BCUT2D eigenvalue weighted by Crippen LogP contribution is -2.41. The molecular weight excluding hydrogens is 471 g/mol. The Morgan fingerprint density at radius 2 is 1.93 bits per heavy atom. The molecule has 0 saturated heterocycles. The molecule has 162 valence electrons. The van der Waals surface area contributed by atoms with Gasteiger partial charge in [0.15, 0.2) is 5.96 Å². The lowest BCUT2D eigenvalue weighted by molar-refractivity contribution is 0.180. The predicted octanol–water partition coefficient (Wildman–Crippen LogP) is 2.60. The lowest BCUT2D eigenvalue weighted by Gasteiger charge is -2.18. The number of rotatable bonds is 13. The molecular formula is C20H37IN4O3. The van der Waals surface area contributed by atoms with E-state index in [2.05, 4.69) is 34.5 Å². The molecule has 1 atom stereocenters. The summed E-state index contributed by atoms with van der Waals surface area (Å²) in [6.07, 6.45) is 1.00. The van der Waals surface area contributed by atoms with Gasteiger partial charge < -0.3 is 29.7 Å². The second-order valence-electron chi connectivity index (χ2n) is 6.40. The summed E-state index contributed by atoms with van der Waals surface area (Å²) in [7, 11) is 5.50. The highest BCUT2D eigenvalue weighted by Gasteiger charge is 2.06. The third kappa shape index (κ3) is 12.2. The molecule has 8 heteroatoms. The summed E-state index contributed by atoms with van der Waals surface area (Å²) in [5.74, 6) is 2.38. The molecule has 1 aromatic rings. The third-order valence-electron chi connectivity index (χ3n) is 3.90. The zero-order chi connectivity index (χ0) is 19.9. The average molecular weight is 508 g/mol. The Morgan fingerprint density at radius 3 is 2.61 bits per heavy atom. The fourth-order valence-corrected chi connectivity index (χ4v) is 2.46. The second kappa shape index (κ2) is 16.7. The van der Waals surface area contributed by atoms with Gasteiger partial charge in [-0.3, -0.25) is 0 Å². The van der Waals surface area contributed by atoms with E-state index in [4.69, 9.17) is 14.2 Å². The number of halogens is 1. The van der Waals surface area contributed by atoms with Crippen LogP contribution in [0.2, 0.25) is 0 Å². The number of hydrogen-bond acceptors (Lipinski definition) is 5. The summed E-state index contributed by atoms with van der Waals surface area (Å²) in [5, 5.41) is 6.64. The first-order valence-electron chi connectivity index (χ1n) is 9.59. The Morgan fingerprint density at radius 1 is 1.18 bits per heavy atom. The molecule has 0 saturated carbocycles. The number of aliphatic imine (C=N–C) groups is 1. The van der Waals surface area contributed by atoms with Gasteiger partial charge in [-0.15, -0.1) is 24.0 Å². The van der Waals surface area contributed by atoms with E-state index in [9.17, 15) is 0 Å². The van der Waals surface area contributed by atoms with Gasteiger partial charge in [0.1, 0.15) is 17.6 Å². The van der Waals surface area contributed by atoms with E-state index in [0.717, 1.165) is 56.7 Å². The number of ether oxygens (including phenoxy) is 3. The van der Waals surface area contributed by atoms with Crippen molar-refractivity contribution in [3.05, 3.63) is 24.3 Å². The summed E-state index contributed by atoms with van der Waals surface area (Å²) < 4.78 is 16.2. The van der Waals surface area contributed by atoms with Gasteiger partial charge in [-0.05, 0) is 39.4 Å². The van der Waals surface area contributed by atoms with Gasteiger partial charge in [-0.1, -0.05) is 6.07 Å². The Kier molecular flexibility index (Phi) is 15.9. The lowest BCUT2D eigenvalue weighted by atomic mass is 10.3. The molecule has 0 spiro atoms. The van der Waals surface area contributed by atoms with Crippen molar-refractivity contribution in [1.82, 2.24) is 15.5 Å². The van der Waals surface area contributed by atoms with Crippen molar-refractivity contribution < 1.29 is 14.2 Å². The van der Waals surface area contributed by atoms with Crippen LogP contribution >= 0.6 is 24.0 Å². The topological polar surface area (TPSA) is 67.4 Å². The van der Waals surface area contributed by atoms with E-state index in [0.29, 0.717) is 6.54 Å². The minimum Gasteiger partial charge on any atom is -0.497 e. The number of nitrogens with one attached hydrogen (secondary N) is 2. The van der Waals surface area contributed by atoms with Crippen LogP contribution < -0.4 is 20.1 Å². The van der Waals surface area contributed by atoms with Crippen molar-refractivity contribution in [1.29, 1.82) is 0 Å². The molecule has 0 aliphatic heterocycles. The number of methoxy groups -OCH3 is 2.